The Hall–Kier alpha value is -2.94. The zero-order valence-electron chi connectivity index (χ0n) is 18.9. The van der Waals surface area contributed by atoms with Crippen molar-refractivity contribution in [3.8, 4) is 10.6 Å². The highest BCUT2D eigenvalue weighted by atomic mass is 32.1. The number of aromatic nitrogens is 3. The van der Waals surface area contributed by atoms with Crippen LogP contribution in [0, 0.1) is 6.92 Å². The molecule has 0 aliphatic heterocycles. The summed E-state index contributed by atoms with van der Waals surface area (Å²) in [5.74, 6) is -0.221. The van der Waals surface area contributed by atoms with E-state index in [9.17, 15) is 9.59 Å². The summed E-state index contributed by atoms with van der Waals surface area (Å²) in [7, 11) is 1.82. The van der Waals surface area contributed by atoms with Crippen molar-refractivity contribution >= 4 is 34.4 Å². The highest BCUT2D eigenvalue weighted by Crippen LogP contribution is 2.29. The number of nitrogens with one attached hydrogen (secondary N) is 1. The summed E-state index contributed by atoms with van der Waals surface area (Å²) >= 11 is 1.57. The van der Waals surface area contributed by atoms with E-state index in [1.165, 1.54) is 0 Å². The number of thiophene rings is 1. The van der Waals surface area contributed by atoms with Crippen molar-refractivity contribution in [2.75, 3.05) is 19.6 Å². The first-order valence-corrected chi connectivity index (χ1v) is 11.1. The van der Waals surface area contributed by atoms with Gasteiger partial charge >= 0.3 is 6.09 Å². The lowest BCUT2D eigenvalue weighted by Gasteiger charge is -2.26. The number of rotatable bonds is 6. The molecular weight excluding hydrogens is 414 g/mol. The molecule has 3 heterocycles. The van der Waals surface area contributed by atoms with Crippen LogP contribution in [0.15, 0.2) is 23.6 Å². The second kappa shape index (κ2) is 9.05. The Labute approximate surface area is 186 Å². The number of fused-ring (bicyclic) bond motifs is 1. The van der Waals surface area contributed by atoms with Gasteiger partial charge in [-0.2, -0.15) is 5.10 Å². The van der Waals surface area contributed by atoms with Crippen LogP contribution in [0.3, 0.4) is 0 Å². The number of nitrogens with zero attached hydrogens (tertiary/aromatic N) is 4. The fourth-order valence-corrected chi connectivity index (χ4v) is 3.97. The maximum atomic E-state index is 13.1. The van der Waals surface area contributed by atoms with E-state index < -0.39 is 11.7 Å². The van der Waals surface area contributed by atoms with E-state index in [1.54, 1.807) is 20.9 Å². The monoisotopic (exact) mass is 443 g/mol. The molecule has 9 heteroatoms. The average molecular weight is 444 g/mol. The number of hydrogen-bond donors (Lipinski definition) is 1. The summed E-state index contributed by atoms with van der Waals surface area (Å²) in [5.41, 5.74) is 2.11. The summed E-state index contributed by atoms with van der Waals surface area (Å²) in [4.78, 5) is 32.7. The van der Waals surface area contributed by atoms with Gasteiger partial charge in [-0.3, -0.25) is 9.48 Å². The van der Waals surface area contributed by atoms with Crippen LogP contribution in [0.1, 0.15) is 43.7 Å². The number of ether oxygens (including phenoxy) is 1. The summed E-state index contributed by atoms with van der Waals surface area (Å²) in [6.45, 7) is 10.4. The molecule has 0 bridgehead atoms. The molecule has 0 saturated carbocycles. The van der Waals surface area contributed by atoms with Gasteiger partial charge in [-0.15, -0.1) is 11.3 Å². The first-order valence-electron chi connectivity index (χ1n) is 10.2. The van der Waals surface area contributed by atoms with E-state index in [-0.39, 0.29) is 5.91 Å². The highest BCUT2D eigenvalue weighted by Gasteiger charge is 2.22. The molecule has 0 spiro atoms. The molecule has 0 saturated heterocycles. The van der Waals surface area contributed by atoms with Gasteiger partial charge in [-0.25, -0.2) is 9.78 Å². The SMILES string of the molecule is CCN(CCNC(=O)c1cc(-c2cccs2)nc2c1c(C)nn2C)C(=O)OC(C)(C)C. The lowest BCUT2D eigenvalue weighted by Crippen LogP contribution is -2.41. The predicted molar refractivity (Wildman–Crippen MR) is 122 cm³/mol. The fraction of sp³-hybridized carbons (Fsp3) is 0.455. The van der Waals surface area contributed by atoms with E-state index in [1.807, 2.05) is 65.2 Å². The third kappa shape index (κ3) is 5.22. The first-order chi connectivity index (χ1) is 14.6. The van der Waals surface area contributed by atoms with Crippen LogP contribution < -0.4 is 5.32 Å². The second-order valence-corrected chi connectivity index (χ2v) is 9.20. The Kier molecular flexibility index (Phi) is 6.64. The topological polar surface area (TPSA) is 89.4 Å². The van der Waals surface area contributed by atoms with Gasteiger partial charge < -0.3 is 15.0 Å². The van der Waals surface area contributed by atoms with E-state index in [4.69, 9.17) is 9.72 Å². The number of likely N-dealkylation sites (N-methyl/N-ethyl adjacent to an activating group) is 1. The summed E-state index contributed by atoms with van der Waals surface area (Å²) in [6.07, 6.45) is -0.390. The maximum absolute atomic E-state index is 13.1. The number of carbonyl (C=O) groups excluding carboxylic acids is 2. The lowest BCUT2D eigenvalue weighted by molar-refractivity contribution is 0.0261. The fourth-order valence-electron chi connectivity index (χ4n) is 3.28. The number of amides is 2. The van der Waals surface area contributed by atoms with E-state index >= 15 is 0 Å². The van der Waals surface area contributed by atoms with Gasteiger partial charge in [0.2, 0.25) is 0 Å². The number of pyridine rings is 1. The second-order valence-electron chi connectivity index (χ2n) is 8.26. The molecule has 0 aliphatic rings. The molecular formula is C22H29N5O3S. The van der Waals surface area contributed by atoms with Gasteiger partial charge in [0.25, 0.3) is 5.91 Å². The first kappa shape index (κ1) is 22.7. The Morgan fingerprint density at radius 3 is 2.68 bits per heavy atom. The molecule has 0 atom stereocenters. The van der Waals surface area contributed by atoms with E-state index in [0.717, 1.165) is 21.7 Å². The van der Waals surface area contributed by atoms with Gasteiger partial charge in [0.1, 0.15) is 5.60 Å². The zero-order chi connectivity index (χ0) is 22.8. The third-order valence-corrected chi connectivity index (χ3v) is 5.58. The zero-order valence-corrected chi connectivity index (χ0v) is 19.7. The van der Waals surface area contributed by atoms with Gasteiger partial charge in [0, 0.05) is 26.7 Å². The van der Waals surface area contributed by atoms with Crippen LogP contribution in [-0.2, 0) is 11.8 Å². The van der Waals surface area contributed by atoms with Crippen LogP contribution >= 0.6 is 11.3 Å². The molecule has 0 unspecified atom stereocenters. The van der Waals surface area contributed by atoms with Crippen molar-refractivity contribution in [3.63, 3.8) is 0 Å². The van der Waals surface area contributed by atoms with Crippen molar-refractivity contribution < 1.29 is 14.3 Å². The van der Waals surface area contributed by atoms with Crippen molar-refractivity contribution in [2.45, 2.75) is 40.2 Å². The standard InChI is InChI=1S/C22H29N5O3S/c1-7-27(21(29)30-22(3,4)5)11-10-23-20(28)15-13-16(17-9-8-12-31-17)24-19-18(15)14(2)25-26(19)6/h8-9,12-13H,7,10-11H2,1-6H3,(H,23,28). The van der Waals surface area contributed by atoms with Crippen LogP contribution in [0.5, 0.6) is 0 Å². The lowest BCUT2D eigenvalue weighted by atomic mass is 10.1. The Balaban J connectivity index is 1.80. The van der Waals surface area contributed by atoms with Gasteiger partial charge in [0.15, 0.2) is 5.65 Å². The molecule has 3 aromatic heterocycles. The summed E-state index contributed by atoms with van der Waals surface area (Å²) < 4.78 is 7.12. The molecule has 3 aromatic rings. The molecule has 8 nitrogen and oxygen atoms in total. The Morgan fingerprint density at radius 1 is 1.32 bits per heavy atom. The molecule has 0 radical (unpaired) electrons. The van der Waals surface area contributed by atoms with Crippen LogP contribution in [0.4, 0.5) is 4.79 Å². The number of hydrogen-bond acceptors (Lipinski definition) is 6. The normalized spacial score (nSPS) is 11.5. The molecule has 0 aliphatic carbocycles. The van der Waals surface area contributed by atoms with Gasteiger partial charge in [-0.05, 0) is 52.1 Å². The van der Waals surface area contributed by atoms with Crippen LogP contribution in [0.25, 0.3) is 21.6 Å². The van der Waals surface area contributed by atoms with Crippen molar-refractivity contribution in [2.24, 2.45) is 7.05 Å². The van der Waals surface area contributed by atoms with Gasteiger partial charge in [-0.1, -0.05) is 6.07 Å². The molecule has 0 aromatic carbocycles. The molecule has 0 fully saturated rings. The van der Waals surface area contributed by atoms with Crippen molar-refractivity contribution in [1.29, 1.82) is 0 Å². The van der Waals surface area contributed by atoms with Crippen LogP contribution in [-0.4, -0.2) is 56.9 Å². The minimum atomic E-state index is -0.563. The highest BCUT2D eigenvalue weighted by molar-refractivity contribution is 7.13. The molecule has 31 heavy (non-hydrogen) atoms. The van der Waals surface area contributed by atoms with E-state index in [2.05, 4.69) is 10.4 Å². The average Bonchev–Trinajstić information content (AvgIpc) is 3.32. The summed E-state index contributed by atoms with van der Waals surface area (Å²) in [5, 5.41) is 10.1. The molecule has 2 amide bonds. The van der Waals surface area contributed by atoms with Crippen molar-refractivity contribution in [3.05, 3.63) is 34.8 Å². The van der Waals surface area contributed by atoms with Crippen LogP contribution in [0.2, 0.25) is 0 Å². The smallest absolute Gasteiger partial charge is 0.410 e. The minimum absolute atomic E-state index is 0.221. The minimum Gasteiger partial charge on any atom is -0.444 e. The molecule has 3 rings (SSSR count). The van der Waals surface area contributed by atoms with Gasteiger partial charge in [0.05, 0.1) is 27.2 Å². The number of carbonyl (C=O) groups is 2. The molecule has 166 valence electrons. The number of aryl methyl sites for hydroxylation is 2. The largest absolute Gasteiger partial charge is 0.444 e. The maximum Gasteiger partial charge on any atom is 0.410 e. The summed E-state index contributed by atoms with van der Waals surface area (Å²) in [6, 6.07) is 5.74. The Bertz CT molecular complexity index is 1080. The van der Waals surface area contributed by atoms with Crippen molar-refractivity contribution in [1.82, 2.24) is 25.0 Å². The Morgan fingerprint density at radius 2 is 2.06 bits per heavy atom. The molecule has 1 N–H and O–H groups in total. The van der Waals surface area contributed by atoms with E-state index in [0.29, 0.717) is 30.8 Å². The predicted octanol–water partition coefficient (Wildman–Crippen LogP) is 3.99. The quantitative estimate of drug-likeness (QED) is 0.622. The third-order valence-electron chi connectivity index (χ3n) is 4.69.